The van der Waals surface area contributed by atoms with Crippen molar-refractivity contribution in [2.24, 2.45) is 5.92 Å². The van der Waals surface area contributed by atoms with Gasteiger partial charge in [0, 0.05) is 18.3 Å². The average Bonchev–Trinajstić information content (AvgIpc) is 3.39. The van der Waals surface area contributed by atoms with Gasteiger partial charge in [0.25, 0.3) is 0 Å². The molecule has 6 nitrogen and oxygen atoms in total. The van der Waals surface area contributed by atoms with Crippen LogP contribution in [0.15, 0.2) is 18.2 Å². The summed E-state index contributed by atoms with van der Waals surface area (Å²) in [5.41, 5.74) is 0.950. The molecule has 2 heterocycles. The predicted octanol–water partition coefficient (Wildman–Crippen LogP) is 4.35. The van der Waals surface area contributed by atoms with Crippen LogP contribution in [-0.2, 0) is 4.79 Å². The second-order valence-electron chi connectivity index (χ2n) is 7.42. The number of allylic oxidation sites excluding steroid dienone is 4. The molecule has 1 aliphatic carbocycles. The normalized spacial score (nSPS) is 22.1. The standard InChI is InChI=1S/C20H30ClN5O/c1-2-3-4-11-17(13-14-21)26-23-19(22-24-26)18-12-7-8-15-25(18)20(27)16-9-5-6-10-16/h2-3,13,16,18H,4-12,14-15H2,1H3/b3-2-,17-13+. The Balaban J connectivity index is 1.75. The Hall–Kier alpha value is -1.69. The number of alkyl halides is 1. The zero-order valence-electron chi connectivity index (χ0n) is 16.2. The van der Waals surface area contributed by atoms with Crippen molar-refractivity contribution in [3.8, 4) is 0 Å². The summed E-state index contributed by atoms with van der Waals surface area (Å²) >= 11 is 5.92. The van der Waals surface area contributed by atoms with Crippen LogP contribution >= 0.6 is 11.6 Å². The second-order valence-corrected chi connectivity index (χ2v) is 7.73. The minimum absolute atomic E-state index is 0.0478. The van der Waals surface area contributed by atoms with E-state index < -0.39 is 0 Å². The lowest BCUT2D eigenvalue weighted by Gasteiger charge is -2.35. The summed E-state index contributed by atoms with van der Waals surface area (Å²) in [6.45, 7) is 2.82. The first-order valence-electron chi connectivity index (χ1n) is 10.2. The maximum Gasteiger partial charge on any atom is 0.226 e. The molecule has 1 aromatic rings. The van der Waals surface area contributed by atoms with E-state index in [0.717, 1.165) is 57.2 Å². The molecule has 1 unspecified atom stereocenters. The molecule has 1 saturated carbocycles. The van der Waals surface area contributed by atoms with Crippen LogP contribution in [0.4, 0.5) is 0 Å². The SMILES string of the molecule is C/C=C\CC/C(=C\CCl)n1nnc(C2CCCCN2C(=O)C2CCCC2)n1. The largest absolute Gasteiger partial charge is 0.332 e. The van der Waals surface area contributed by atoms with Crippen LogP contribution in [-0.4, -0.2) is 43.4 Å². The number of aromatic nitrogens is 4. The molecule has 0 spiro atoms. The highest BCUT2D eigenvalue weighted by molar-refractivity contribution is 6.19. The number of carbonyl (C=O) groups is 1. The van der Waals surface area contributed by atoms with E-state index in [1.807, 2.05) is 24.0 Å². The summed E-state index contributed by atoms with van der Waals surface area (Å²) in [6.07, 6.45) is 15.2. The molecular weight excluding hydrogens is 362 g/mol. The number of amides is 1. The van der Waals surface area contributed by atoms with Crippen LogP contribution in [0.1, 0.15) is 76.6 Å². The molecule has 2 fully saturated rings. The van der Waals surface area contributed by atoms with E-state index in [1.165, 1.54) is 12.8 Å². The number of hydrogen-bond acceptors (Lipinski definition) is 4. The lowest BCUT2D eigenvalue weighted by atomic mass is 9.98. The Morgan fingerprint density at radius 2 is 2.00 bits per heavy atom. The van der Waals surface area contributed by atoms with Gasteiger partial charge in [-0.2, -0.15) is 0 Å². The second kappa shape index (κ2) is 10.0. The molecule has 7 heteroatoms. The van der Waals surface area contributed by atoms with Gasteiger partial charge in [-0.15, -0.1) is 26.6 Å². The summed E-state index contributed by atoms with van der Waals surface area (Å²) in [4.78, 5) is 16.6. The van der Waals surface area contributed by atoms with Gasteiger partial charge in [-0.3, -0.25) is 4.79 Å². The van der Waals surface area contributed by atoms with Crippen molar-refractivity contribution < 1.29 is 4.79 Å². The Bertz CT molecular complexity index is 678. The van der Waals surface area contributed by atoms with Crippen LogP contribution in [0.25, 0.3) is 5.70 Å². The van der Waals surface area contributed by atoms with E-state index >= 15 is 0 Å². The minimum Gasteiger partial charge on any atom is -0.332 e. The van der Waals surface area contributed by atoms with Gasteiger partial charge in [-0.25, -0.2) is 0 Å². The van der Waals surface area contributed by atoms with E-state index in [4.69, 9.17) is 11.6 Å². The van der Waals surface area contributed by atoms with E-state index in [9.17, 15) is 4.79 Å². The molecule has 2 aliphatic rings. The first-order chi connectivity index (χ1) is 13.2. The van der Waals surface area contributed by atoms with Crippen molar-refractivity contribution in [3.05, 3.63) is 24.1 Å². The summed E-state index contributed by atoms with van der Waals surface area (Å²) in [5, 5.41) is 13.2. The van der Waals surface area contributed by atoms with Gasteiger partial charge >= 0.3 is 0 Å². The number of piperidine rings is 1. The van der Waals surface area contributed by atoms with Crippen molar-refractivity contribution in [3.63, 3.8) is 0 Å². The number of halogens is 1. The zero-order valence-corrected chi connectivity index (χ0v) is 16.9. The molecule has 0 bridgehead atoms. The third kappa shape index (κ3) is 4.98. The van der Waals surface area contributed by atoms with Crippen molar-refractivity contribution >= 4 is 23.2 Å². The third-order valence-corrected chi connectivity index (χ3v) is 5.74. The molecule has 0 N–H and O–H groups in total. The predicted molar refractivity (Wildman–Crippen MR) is 107 cm³/mol. The van der Waals surface area contributed by atoms with Gasteiger partial charge in [-0.1, -0.05) is 25.0 Å². The van der Waals surface area contributed by atoms with Crippen molar-refractivity contribution in [1.29, 1.82) is 0 Å². The van der Waals surface area contributed by atoms with E-state index in [0.29, 0.717) is 11.7 Å². The summed E-state index contributed by atoms with van der Waals surface area (Å²) in [7, 11) is 0. The van der Waals surface area contributed by atoms with Gasteiger partial charge in [0.2, 0.25) is 5.91 Å². The van der Waals surface area contributed by atoms with Crippen molar-refractivity contribution in [2.75, 3.05) is 12.4 Å². The smallest absolute Gasteiger partial charge is 0.226 e. The van der Waals surface area contributed by atoms with Crippen molar-refractivity contribution in [1.82, 2.24) is 25.1 Å². The molecule has 1 aliphatic heterocycles. The van der Waals surface area contributed by atoms with E-state index in [-0.39, 0.29) is 17.9 Å². The number of tetrazole rings is 1. The molecule has 3 rings (SSSR count). The number of hydrogen-bond donors (Lipinski definition) is 0. The molecule has 1 atom stereocenters. The molecule has 1 aromatic heterocycles. The molecule has 1 amide bonds. The third-order valence-electron chi connectivity index (χ3n) is 5.59. The highest BCUT2D eigenvalue weighted by Gasteiger charge is 2.35. The topological polar surface area (TPSA) is 63.9 Å². The number of nitrogens with zero attached hydrogens (tertiary/aromatic N) is 5. The highest BCUT2D eigenvalue weighted by atomic mass is 35.5. The Morgan fingerprint density at radius 3 is 2.74 bits per heavy atom. The van der Waals surface area contributed by atoms with Gasteiger partial charge in [0.1, 0.15) is 0 Å². The van der Waals surface area contributed by atoms with Crippen LogP contribution in [0.2, 0.25) is 0 Å². The van der Waals surface area contributed by atoms with Crippen LogP contribution in [0.3, 0.4) is 0 Å². The Morgan fingerprint density at radius 1 is 1.22 bits per heavy atom. The first-order valence-corrected chi connectivity index (χ1v) is 10.7. The Labute approximate surface area is 166 Å². The van der Waals surface area contributed by atoms with Gasteiger partial charge in [0.15, 0.2) is 5.82 Å². The zero-order chi connectivity index (χ0) is 19.1. The van der Waals surface area contributed by atoms with Crippen molar-refractivity contribution in [2.45, 2.75) is 70.8 Å². The number of carbonyl (C=O) groups excluding carboxylic acids is 1. The quantitative estimate of drug-likeness (QED) is 0.512. The molecule has 0 aromatic carbocycles. The molecule has 148 valence electrons. The molecule has 1 saturated heterocycles. The molecular formula is C20H30ClN5O. The van der Waals surface area contributed by atoms with Crippen LogP contribution in [0, 0.1) is 5.92 Å². The average molecular weight is 392 g/mol. The first kappa shape index (κ1) is 20.1. The molecule has 0 radical (unpaired) electrons. The number of likely N-dealkylation sites (tertiary alicyclic amines) is 1. The minimum atomic E-state index is -0.0478. The number of rotatable bonds is 7. The fourth-order valence-electron chi connectivity index (χ4n) is 4.12. The monoisotopic (exact) mass is 391 g/mol. The maximum absolute atomic E-state index is 13.0. The van der Waals surface area contributed by atoms with Gasteiger partial charge in [0.05, 0.1) is 11.7 Å². The van der Waals surface area contributed by atoms with Crippen LogP contribution < -0.4 is 0 Å². The maximum atomic E-state index is 13.0. The van der Waals surface area contributed by atoms with Gasteiger partial charge < -0.3 is 4.90 Å². The van der Waals surface area contributed by atoms with E-state index in [1.54, 1.807) is 4.80 Å². The summed E-state index contributed by atoms with van der Waals surface area (Å²) < 4.78 is 0. The van der Waals surface area contributed by atoms with Crippen LogP contribution in [0.5, 0.6) is 0 Å². The van der Waals surface area contributed by atoms with Gasteiger partial charge in [-0.05, 0) is 63.2 Å². The summed E-state index contributed by atoms with van der Waals surface area (Å²) in [6, 6.07) is -0.0478. The lowest BCUT2D eigenvalue weighted by Crippen LogP contribution is -2.41. The highest BCUT2D eigenvalue weighted by Crippen LogP contribution is 2.34. The fourth-order valence-corrected chi connectivity index (χ4v) is 4.30. The molecule has 27 heavy (non-hydrogen) atoms. The summed E-state index contributed by atoms with van der Waals surface area (Å²) in [5.74, 6) is 1.55. The lowest BCUT2D eigenvalue weighted by molar-refractivity contribution is -0.139. The fraction of sp³-hybridized carbons (Fsp3) is 0.700. The van der Waals surface area contributed by atoms with E-state index in [2.05, 4.69) is 21.5 Å². The Kier molecular flexibility index (Phi) is 7.44.